The Kier molecular flexibility index (Phi) is 2.37. The van der Waals surface area contributed by atoms with E-state index in [-0.39, 0.29) is 5.69 Å². The summed E-state index contributed by atoms with van der Waals surface area (Å²) in [5.74, 6) is -1.03. The van der Waals surface area contributed by atoms with Gasteiger partial charge in [0.15, 0.2) is 11.3 Å². The Morgan fingerprint density at radius 3 is 3.07 bits per heavy atom. The van der Waals surface area contributed by atoms with Crippen LogP contribution in [0.2, 0.25) is 0 Å². The third-order valence-electron chi connectivity index (χ3n) is 2.16. The predicted molar refractivity (Wildman–Crippen MR) is 53.9 cm³/mol. The van der Waals surface area contributed by atoms with Crippen LogP contribution in [0.1, 0.15) is 29.5 Å². The lowest BCUT2D eigenvalue weighted by Crippen LogP contribution is -2.01. The molecule has 0 radical (unpaired) electrons. The number of fused-ring (bicyclic) bond motifs is 1. The van der Waals surface area contributed by atoms with Crippen LogP contribution in [0.5, 0.6) is 0 Å². The zero-order chi connectivity index (χ0) is 10.8. The van der Waals surface area contributed by atoms with Gasteiger partial charge in [-0.15, -0.1) is 0 Å². The topological polar surface area (TPSA) is 67.5 Å². The van der Waals surface area contributed by atoms with Crippen molar-refractivity contribution in [2.75, 3.05) is 0 Å². The quantitative estimate of drug-likeness (QED) is 0.821. The molecule has 0 amide bonds. The second-order valence-electron chi connectivity index (χ2n) is 3.29. The summed E-state index contributed by atoms with van der Waals surface area (Å²) < 4.78 is 1.59. The minimum absolute atomic E-state index is 0.0334. The van der Waals surface area contributed by atoms with Gasteiger partial charge in [-0.3, -0.25) is 0 Å². The highest BCUT2D eigenvalue weighted by atomic mass is 16.4. The molecule has 0 unspecified atom stereocenters. The van der Waals surface area contributed by atoms with Crippen LogP contribution in [0.4, 0.5) is 0 Å². The van der Waals surface area contributed by atoms with Crippen molar-refractivity contribution in [1.82, 2.24) is 14.6 Å². The number of carbonyl (C=O) groups is 1. The molecule has 0 atom stereocenters. The molecule has 0 saturated heterocycles. The highest BCUT2D eigenvalue weighted by Gasteiger charge is 2.10. The van der Waals surface area contributed by atoms with E-state index < -0.39 is 5.97 Å². The first-order valence-electron chi connectivity index (χ1n) is 4.79. The average molecular weight is 205 g/mol. The molecule has 0 aliphatic rings. The molecule has 15 heavy (non-hydrogen) atoms. The van der Waals surface area contributed by atoms with Gasteiger partial charge in [0.05, 0.1) is 0 Å². The van der Waals surface area contributed by atoms with Crippen molar-refractivity contribution in [2.45, 2.75) is 19.8 Å². The molecule has 0 bridgehead atoms. The zero-order valence-electron chi connectivity index (χ0n) is 8.34. The molecule has 0 saturated carbocycles. The van der Waals surface area contributed by atoms with Crippen molar-refractivity contribution in [2.24, 2.45) is 0 Å². The molecule has 0 fully saturated rings. The van der Waals surface area contributed by atoms with Gasteiger partial charge in [0, 0.05) is 18.0 Å². The van der Waals surface area contributed by atoms with Crippen LogP contribution < -0.4 is 0 Å². The van der Waals surface area contributed by atoms with E-state index in [0.29, 0.717) is 5.65 Å². The summed E-state index contributed by atoms with van der Waals surface area (Å²) >= 11 is 0. The lowest BCUT2D eigenvalue weighted by molar-refractivity contribution is 0.0690. The number of nitrogens with zero attached hydrogens (tertiary/aromatic N) is 3. The van der Waals surface area contributed by atoms with Crippen molar-refractivity contribution in [3.8, 4) is 0 Å². The fourth-order valence-electron chi connectivity index (χ4n) is 1.49. The minimum atomic E-state index is -1.03. The average Bonchev–Trinajstić information content (AvgIpc) is 2.63. The normalized spacial score (nSPS) is 10.7. The summed E-state index contributed by atoms with van der Waals surface area (Å²) in [5.41, 5.74) is 1.60. The van der Waals surface area contributed by atoms with Crippen LogP contribution in [-0.4, -0.2) is 25.7 Å². The first-order valence-corrected chi connectivity index (χ1v) is 4.79. The number of aromatic carboxylic acids is 1. The van der Waals surface area contributed by atoms with Gasteiger partial charge in [0.2, 0.25) is 0 Å². The van der Waals surface area contributed by atoms with E-state index in [4.69, 9.17) is 5.11 Å². The molecule has 2 rings (SSSR count). The molecular formula is C10H11N3O2. The van der Waals surface area contributed by atoms with Crippen molar-refractivity contribution >= 4 is 11.6 Å². The molecule has 2 aromatic heterocycles. The summed E-state index contributed by atoms with van der Waals surface area (Å²) in [7, 11) is 0. The van der Waals surface area contributed by atoms with Crippen LogP contribution >= 0.6 is 0 Å². The van der Waals surface area contributed by atoms with Gasteiger partial charge >= 0.3 is 5.97 Å². The second kappa shape index (κ2) is 3.68. The fraction of sp³-hybridized carbons (Fsp3) is 0.300. The third kappa shape index (κ3) is 1.68. The van der Waals surface area contributed by atoms with E-state index in [1.54, 1.807) is 10.7 Å². The van der Waals surface area contributed by atoms with Crippen molar-refractivity contribution < 1.29 is 9.90 Å². The maximum Gasteiger partial charge on any atom is 0.356 e. The zero-order valence-corrected chi connectivity index (χ0v) is 8.34. The Morgan fingerprint density at radius 1 is 1.60 bits per heavy atom. The summed E-state index contributed by atoms with van der Waals surface area (Å²) in [6.07, 6.45) is 3.52. The molecular weight excluding hydrogens is 194 g/mol. The molecule has 2 heterocycles. The summed E-state index contributed by atoms with van der Waals surface area (Å²) in [5, 5.41) is 12.8. The van der Waals surface area contributed by atoms with Crippen LogP contribution in [0, 0.1) is 0 Å². The molecule has 78 valence electrons. The smallest absolute Gasteiger partial charge is 0.356 e. The number of hydrogen-bond acceptors (Lipinski definition) is 3. The summed E-state index contributed by atoms with van der Waals surface area (Å²) in [6.45, 7) is 2.06. The van der Waals surface area contributed by atoms with E-state index in [1.807, 2.05) is 6.07 Å². The van der Waals surface area contributed by atoms with Gasteiger partial charge in [-0.2, -0.15) is 5.10 Å². The van der Waals surface area contributed by atoms with Gasteiger partial charge in [0.1, 0.15) is 0 Å². The van der Waals surface area contributed by atoms with Crippen molar-refractivity contribution in [3.05, 3.63) is 29.7 Å². The fourth-order valence-corrected chi connectivity index (χ4v) is 1.49. The number of hydrogen-bond donors (Lipinski definition) is 1. The van der Waals surface area contributed by atoms with Gasteiger partial charge < -0.3 is 5.11 Å². The lowest BCUT2D eigenvalue weighted by atomic mass is 10.2. The largest absolute Gasteiger partial charge is 0.476 e. The molecule has 0 spiro atoms. The molecule has 1 N–H and O–H groups in total. The second-order valence-corrected chi connectivity index (χ2v) is 3.29. The number of aromatic nitrogens is 3. The molecule has 0 aliphatic carbocycles. The summed E-state index contributed by atoms with van der Waals surface area (Å²) in [4.78, 5) is 14.8. The van der Waals surface area contributed by atoms with E-state index in [9.17, 15) is 4.79 Å². The number of rotatable bonds is 3. The standard InChI is InChI=1S/C10H11N3O2/c1-2-3-7-4-5-11-9-6-8(10(14)15)12-13(7)9/h4-6H,2-3H2,1H3,(H,14,15). The van der Waals surface area contributed by atoms with Gasteiger partial charge in [-0.1, -0.05) is 13.3 Å². The third-order valence-corrected chi connectivity index (χ3v) is 2.16. The van der Waals surface area contributed by atoms with Crippen molar-refractivity contribution in [1.29, 1.82) is 0 Å². The number of carboxylic acid groups (broad SMARTS) is 1. The Morgan fingerprint density at radius 2 is 2.40 bits per heavy atom. The summed E-state index contributed by atoms with van der Waals surface area (Å²) in [6, 6.07) is 3.33. The Bertz CT molecular complexity index is 504. The Balaban J connectivity index is 2.59. The lowest BCUT2D eigenvalue weighted by Gasteiger charge is -2.00. The van der Waals surface area contributed by atoms with Crippen LogP contribution in [0.3, 0.4) is 0 Å². The molecule has 0 aliphatic heterocycles. The van der Waals surface area contributed by atoms with E-state index >= 15 is 0 Å². The predicted octanol–water partition coefficient (Wildman–Crippen LogP) is 1.38. The van der Waals surface area contributed by atoms with Crippen LogP contribution in [0.25, 0.3) is 5.65 Å². The maximum absolute atomic E-state index is 10.7. The van der Waals surface area contributed by atoms with Crippen LogP contribution in [0.15, 0.2) is 18.3 Å². The van der Waals surface area contributed by atoms with E-state index in [2.05, 4.69) is 17.0 Å². The first kappa shape index (κ1) is 9.64. The molecule has 5 nitrogen and oxygen atoms in total. The van der Waals surface area contributed by atoms with E-state index in [1.165, 1.54) is 6.07 Å². The van der Waals surface area contributed by atoms with Crippen molar-refractivity contribution in [3.63, 3.8) is 0 Å². The molecule has 0 aromatic carbocycles. The monoisotopic (exact) mass is 205 g/mol. The van der Waals surface area contributed by atoms with E-state index in [0.717, 1.165) is 18.5 Å². The van der Waals surface area contributed by atoms with Crippen LogP contribution in [-0.2, 0) is 6.42 Å². The SMILES string of the molecule is CCCc1ccnc2cc(C(=O)O)nn12. The van der Waals surface area contributed by atoms with Gasteiger partial charge in [-0.05, 0) is 12.5 Å². The maximum atomic E-state index is 10.7. The number of carboxylic acids is 1. The van der Waals surface area contributed by atoms with Gasteiger partial charge in [-0.25, -0.2) is 14.3 Å². The highest BCUT2D eigenvalue weighted by Crippen LogP contribution is 2.08. The first-order chi connectivity index (χ1) is 7.22. The number of aryl methyl sites for hydroxylation is 1. The minimum Gasteiger partial charge on any atom is -0.476 e. The molecule has 2 aromatic rings. The Hall–Kier alpha value is -1.91. The highest BCUT2D eigenvalue weighted by molar-refractivity contribution is 5.86. The Labute approximate surface area is 86.4 Å². The molecule has 5 heteroatoms. The van der Waals surface area contributed by atoms with Gasteiger partial charge in [0.25, 0.3) is 0 Å².